The van der Waals surface area contributed by atoms with Crippen LogP contribution >= 0.6 is 0 Å². The number of sulfonamides is 1. The predicted molar refractivity (Wildman–Crippen MR) is 97.4 cm³/mol. The van der Waals surface area contributed by atoms with Crippen molar-refractivity contribution in [3.8, 4) is 5.75 Å². The molecule has 1 amide bonds. The number of benzene rings is 2. The number of hydrogen-bond donors (Lipinski definition) is 1. The van der Waals surface area contributed by atoms with Crippen LogP contribution < -0.4 is 14.4 Å². The Labute approximate surface area is 147 Å². The number of carbonyl (C=O) groups excluding carboxylic acids is 1. The number of carbonyl (C=O) groups is 1. The molecule has 0 aliphatic carbocycles. The van der Waals surface area contributed by atoms with Gasteiger partial charge in [0.2, 0.25) is 15.9 Å². The number of fused-ring (bicyclic) bond motifs is 1. The Morgan fingerprint density at radius 3 is 2.72 bits per heavy atom. The Morgan fingerprint density at radius 2 is 1.96 bits per heavy atom. The molecular weight excluding hydrogens is 340 g/mol. The maximum Gasteiger partial charge on any atom is 0.236 e. The van der Waals surface area contributed by atoms with Crippen LogP contribution in [0, 0.1) is 0 Å². The first-order valence-electron chi connectivity index (χ1n) is 7.91. The van der Waals surface area contributed by atoms with Gasteiger partial charge in [-0.2, -0.15) is 0 Å². The molecule has 0 saturated heterocycles. The minimum Gasteiger partial charge on any atom is -0.497 e. The Bertz CT molecular complexity index is 909. The van der Waals surface area contributed by atoms with E-state index in [1.807, 2.05) is 0 Å². The monoisotopic (exact) mass is 360 g/mol. The fourth-order valence-electron chi connectivity index (χ4n) is 2.92. The third-order valence-corrected chi connectivity index (χ3v) is 5.45. The number of hydrogen-bond acceptors (Lipinski definition) is 4. The van der Waals surface area contributed by atoms with Crippen LogP contribution in [0.4, 0.5) is 11.4 Å². The number of ether oxygens (including phenoxy) is 1. The molecule has 0 atom stereocenters. The lowest BCUT2D eigenvalue weighted by Crippen LogP contribution is -2.31. The van der Waals surface area contributed by atoms with Gasteiger partial charge in [0, 0.05) is 24.8 Å². The van der Waals surface area contributed by atoms with Crippen molar-refractivity contribution in [1.82, 2.24) is 0 Å². The van der Waals surface area contributed by atoms with E-state index in [0.717, 1.165) is 11.3 Å². The van der Waals surface area contributed by atoms with E-state index in [0.29, 0.717) is 29.8 Å². The summed E-state index contributed by atoms with van der Waals surface area (Å²) in [5, 5.41) is 0. The molecule has 0 saturated carbocycles. The van der Waals surface area contributed by atoms with E-state index in [1.54, 1.807) is 61.5 Å². The van der Waals surface area contributed by atoms with Crippen LogP contribution in [-0.2, 0) is 27.0 Å². The normalized spacial score (nSPS) is 14.2. The van der Waals surface area contributed by atoms with Crippen LogP contribution in [-0.4, -0.2) is 28.5 Å². The number of amides is 1. The van der Waals surface area contributed by atoms with Gasteiger partial charge in [0.25, 0.3) is 0 Å². The second kappa shape index (κ2) is 6.76. The van der Waals surface area contributed by atoms with Crippen LogP contribution in [0.3, 0.4) is 0 Å². The lowest BCUT2D eigenvalue weighted by molar-refractivity contribution is -0.118. The summed E-state index contributed by atoms with van der Waals surface area (Å²) >= 11 is 0. The van der Waals surface area contributed by atoms with E-state index in [4.69, 9.17) is 4.74 Å². The second-order valence-electron chi connectivity index (χ2n) is 6.01. The lowest BCUT2D eigenvalue weighted by Gasteiger charge is -2.26. The molecule has 1 aliphatic rings. The molecule has 2 aromatic rings. The van der Waals surface area contributed by atoms with Gasteiger partial charge < -0.3 is 9.64 Å². The number of nitrogens with zero attached hydrogens (tertiary/aromatic N) is 1. The summed E-state index contributed by atoms with van der Waals surface area (Å²) in [4.78, 5) is 13.3. The number of aryl methyl sites for hydroxylation is 1. The summed E-state index contributed by atoms with van der Waals surface area (Å²) in [7, 11) is -0.278. The molecule has 6 nitrogen and oxygen atoms in total. The lowest BCUT2D eigenvalue weighted by atomic mass is 10.0. The van der Waals surface area contributed by atoms with Gasteiger partial charge in [0.1, 0.15) is 5.75 Å². The molecule has 7 heteroatoms. The summed E-state index contributed by atoms with van der Waals surface area (Å²) in [6, 6.07) is 12.2. The predicted octanol–water partition coefficient (Wildman–Crippen LogP) is 2.55. The molecule has 0 unspecified atom stereocenters. The van der Waals surface area contributed by atoms with Crippen LogP contribution in [0.5, 0.6) is 5.75 Å². The molecule has 0 aromatic heterocycles. The SMILES string of the molecule is COc1cccc(CS(=O)(=O)Nc2ccc3c(c2)CCC(=O)N3C)c1. The van der Waals surface area contributed by atoms with Crippen LogP contribution in [0.15, 0.2) is 42.5 Å². The maximum absolute atomic E-state index is 12.4. The van der Waals surface area contributed by atoms with Crippen molar-refractivity contribution >= 4 is 27.3 Å². The van der Waals surface area contributed by atoms with Crippen molar-refractivity contribution in [2.75, 3.05) is 23.8 Å². The summed E-state index contributed by atoms with van der Waals surface area (Å²) < 4.78 is 32.6. The van der Waals surface area contributed by atoms with Gasteiger partial charge in [0.15, 0.2) is 0 Å². The summed E-state index contributed by atoms with van der Waals surface area (Å²) in [5.41, 5.74) is 2.94. The minimum atomic E-state index is -3.55. The molecule has 1 aliphatic heterocycles. The van der Waals surface area contributed by atoms with Gasteiger partial charge in [-0.05, 0) is 47.9 Å². The standard InChI is InChI=1S/C18H20N2O4S/c1-20-17-8-7-15(11-14(17)6-9-18(20)21)19-25(22,23)12-13-4-3-5-16(10-13)24-2/h3-5,7-8,10-11,19H,6,9,12H2,1-2H3. The summed E-state index contributed by atoms with van der Waals surface area (Å²) in [6.45, 7) is 0. The Hall–Kier alpha value is -2.54. The molecule has 0 radical (unpaired) electrons. The largest absolute Gasteiger partial charge is 0.497 e. The topological polar surface area (TPSA) is 75.7 Å². The highest BCUT2D eigenvalue weighted by Crippen LogP contribution is 2.29. The van der Waals surface area contributed by atoms with E-state index >= 15 is 0 Å². The van der Waals surface area contributed by atoms with Crippen LogP contribution in [0.2, 0.25) is 0 Å². The zero-order chi connectivity index (χ0) is 18.0. The zero-order valence-corrected chi connectivity index (χ0v) is 15.0. The molecule has 0 fully saturated rings. The molecule has 3 rings (SSSR count). The number of nitrogens with one attached hydrogen (secondary N) is 1. The third kappa shape index (κ3) is 3.93. The first kappa shape index (κ1) is 17.3. The highest BCUT2D eigenvalue weighted by atomic mass is 32.2. The Balaban J connectivity index is 1.78. The number of anilines is 2. The molecule has 2 aromatic carbocycles. The molecule has 0 bridgehead atoms. The molecule has 0 spiro atoms. The Kier molecular flexibility index (Phi) is 4.67. The first-order valence-corrected chi connectivity index (χ1v) is 9.56. The molecular formula is C18H20N2O4S. The van der Waals surface area contributed by atoms with Crippen molar-refractivity contribution in [3.63, 3.8) is 0 Å². The van der Waals surface area contributed by atoms with Crippen molar-refractivity contribution in [2.45, 2.75) is 18.6 Å². The number of methoxy groups -OCH3 is 1. The average Bonchev–Trinajstić information content (AvgIpc) is 2.57. The molecule has 25 heavy (non-hydrogen) atoms. The van der Waals surface area contributed by atoms with Crippen LogP contribution in [0.25, 0.3) is 0 Å². The third-order valence-electron chi connectivity index (χ3n) is 4.19. The van der Waals surface area contributed by atoms with Crippen molar-refractivity contribution < 1.29 is 17.9 Å². The van der Waals surface area contributed by atoms with E-state index in [2.05, 4.69) is 4.72 Å². The fourth-order valence-corrected chi connectivity index (χ4v) is 4.09. The highest BCUT2D eigenvalue weighted by molar-refractivity contribution is 7.91. The van der Waals surface area contributed by atoms with Gasteiger partial charge in [-0.1, -0.05) is 12.1 Å². The van der Waals surface area contributed by atoms with Gasteiger partial charge >= 0.3 is 0 Å². The van der Waals surface area contributed by atoms with Gasteiger partial charge in [0.05, 0.1) is 12.9 Å². The minimum absolute atomic E-state index is 0.0684. The Morgan fingerprint density at radius 1 is 1.16 bits per heavy atom. The smallest absolute Gasteiger partial charge is 0.236 e. The molecule has 132 valence electrons. The van der Waals surface area contributed by atoms with Crippen molar-refractivity contribution in [3.05, 3.63) is 53.6 Å². The van der Waals surface area contributed by atoms with Crippen molar-refractivity contribution in [2.24, 2.45) is 0 Å². The van der Waals surface area contributed by atoms with E-state index < -0.39 is 10.0 Å². The quantitative estimate of drug-likeness (QED) is 0.889. The zero-order valence-electron chi connectivity index (χ0n) is 14.2. The second-order valence-corrected chi connectivity index (χ2v) is 7.73. The summed E-state index contributed by atoms with van der Waals surface area (Å²) in [6.07, 6.45) is 1.05. The number of rotatable bonds is 5. The van der Waals surface area contributed by atoms with E-state index in [1.165, 1.54) is 0 Å². The maximum atomic E-state index is 12.4. The average molecular weight is 360 g/mol. The fraction of sp³-hybridized carbons (Fsp3) is 0.278. The van der Waals surface area contributed by atoms with Crippen molar-refractivity contribution in [1.29, 1.82) is 0 Å². The highest BCUT2D eigenvalue weighted by Gasteiger charge is 2.21. The van der Waals surface area contributed by atoms with Gasteiger partial charge in [-0.3, -0.25) is 9.52 Å². The van der Waals surface area contributed by atoms with E-state index in [9.17, 15) is 13.2 Å². The molecule has 1 heterocycles. The van der Waals surface area contributed by atoms with E-state index in [-0.39, 0.29) is 11.7 Å². The summed E-state index contributed by atoms with van der Waals surface area (Å²) in [5.74, 6) is 0.549. The van der Waals surface area contributed by atoms with Gasteiger partial charge in [-0.25, -0.2) is 8.42 Å². The first-order chi connectivity index (χ1) is 11.9. The molecule has 1 N–H and O–H groups in total. The van der Waals surface area contributed by atoms with Gasteiger partial charge in [-0.15, -0.1) is 0 Å². The van der Waals surface area contributed by atoms with Crippen LogP contribution in [0.1, 0.15) is 17.5 Å².